The average Bonchev–Trinajstić information content (AvgIpc) is 3.33. The summed E-state index contributed by atoms with van der Waals surface area (Å²) in [6.07, 6.45) is 11.3. The minimum Gasteiger partial charge on any atom is -0.401 e. The van der Waals surface area contributed by atoms with Gasteiger partial charge in [-0.25, -0.2) is 0 Å². The summed E-state index contributed by atoms with van der Waals surface area (Å²) in [7, 11) is -2.75. The fourth-order valence-electron chi connectivity index (χ4n) is 9.64. The number of carbonyl (C=O) groups is 1. The zero-order valence-electron chi connectivity index (χ0n) is 24.0. The highest BCUT2D eigenvalue weighted by Gasteiger charge is 2.60. The Hall–Kier alpha value is -2.75. The summed E-state index contributed by atoms with van der Waals surface area (Å²) in [6, 6.07) is 33.3. The maximum Gasteiger partial charge on any atom is 0.288 e. The third-order valence-electron chi connectivity index (χ3n) is 11.7. The summed E-state index contributed by atoms with van der Waals surface area (Å²) in [5.74, 6) is 2.49. The van der Waals surface area contributed by atoms with Crippen LogP contribution < -0.4 is 15.6 Å². The van der Waals surface area contributed by atoms with Gasteiger partial charge in [-0.1, -0.05) is 110 Å². The Morgan fingerprint density at radius 2 is 1.25 bits per heavy atom. The van der Waals surface area contributed by atoms with E-state index in [1.165, 1.54) is 46.8 Å². The molecule has 6 unspecified atom stereocenters. The summed E-state index contributed by atoms with van der Waals surface area (Å²) in [5.41, 5.74) is 1.86. The third kappa shape index (κ3) is 3.95. The molecule has 0 N–H and O–H groups in total. The van der Waals surface area contributed by atoms with Crippen LogP contribution in [-0.2, 0) is 9.22 Å². The van der Waals surface area contributed by atoms with Crippen LogP contribution in [0.4, 0.5) is 0 Å². The highest BCUT2D eigenvalue weighted by Crippen LogP contribution is 2.65. The van der Waals surface area contributed by atoms with Crippen molar-refractivity contribution >= 4 is 29.7 Å². The molecule has 0 aromatic heterocycles. The fraction of sp³-hybridized carbons (Fsp3) is 0.432. The van der Waals surface area contributed by atoms with Crippen LogP contribution in [-0.4, -0.2) is 20.2 Å². The maximum absolute atomic E-state index is 12.3. The molecule has 40 heavy (non-hydrogen) atoms. The van der Waals surface area contributed by atoms with Gasteiger partial charge in [-0.2, -0.15) is 0 Å². The normalized spacial score (nSPS) is 33.5. The number of rotatable bonds is 5. The summed E-state index contributed by atoms with van der Waals surface area (Å²) < 4.78 is 7.84. The van der Waals surface area contributed by atoms with Crippen molar-refractivity contribution in [1.82, 2.24) is 0 Å². The monoisotopic (exact) mass is 546 g/mol. The van der Waals surface area contributed by atoms with Gasteiger partial charge in [-0.3, -0.25) is 4.79 Å². The van der Waals surface area contributed by atoms with Crippen LogP contribution in [0.3, 0.4) is 0 Å². The van der Waals surface area contributed by atoms with Gasteiger partial charge in [0, 0.05) is 6.42 Å². The summed E-state index contributed by atoms with van der Waals surface area (Å²) in [6.45, 7) is 5.07. The lowest BCUT2D eigenvalue weighted by atomic mass is 9.47. The predicted molar refractivity (Wildman–Crippen MR) is 166 cm³/mol. The zero-order chi connectivity index (χ0) is 27.4. The molecule has 3 saturated carbocycles. The largest absolute Gasteiger partial charge is 0.401 e. The summed E-state index contributed by atoms with van der Waals surface area (Å²) in [5, 5.41) is 4.00. The SMILES string of the molecule is CC12CCC(=O)C=C1CCC1C2CCC2(C)C(O[Si](c3ccccc3)(c3ccccc3)c3ccccc3)CCC12. The van der Waals surface area contributed by atoms with E-state index in [0.717, 1.165) is 31.6 Å². The van der Waals surface area contributed by atoms with Crippen LogP contribution in [0.5, 0.6) is 0 Å². The minimum absolute atomic E-state index is 0.180. The molecule has 7 rings (SSSR count). The summed E-state index contributed by atoms with van der Waals surface area (Å²) >= 11 is 0. The molecule has 0 amide bonds. The van der Waals surface area contributed by atoms with Crippen LogP contribution in [0.1, 0.15) is 65.2 Å². The standard InChI is InChI=1S/C37H42O2Si/c1-36-24-22-28(38)26-27(36)18-19-32-33-20-21-35(37(33,2)25-23-34(32)36)39-40(29-12-6-3-7-13-29,30-14-8-4-9-15-30)31-16-10-5-11-17-31/h3-17,26,32-35H,18-25H2,1-2H3. The van der Waals surface area contributed by atoms with Crippen molar-refractivity contribution in [3.05, 3.63) is 103 Å². The lowest BCUT2D eigenvalue weighted by Gasteiger charge is -2.58. The predicted octanol–water partition coefficient (Wildman–Crippen LogP) is 6.57. The first kappa shape index (κ1) is 26.2. The Labute approximate surface area is 241 Å². The van der Waals surface area contributed by atoms with E-state index >= 15 is 0 Å². The minimum atomic E-state index is -2.75. The second kappa shape index (κ2) is 9.96. The van der Waals surface area contributed by atoms with Crippen molar-refractivity contribution in [3.63, 3.8) is 0 Å². The molecule has 6 atom stereocenters. The van der Waals surface area contributed by atoms with E-state index in [1.807, 2.05) is 6.08 Å². The smallest absolute Gasteiger partial charge is 0.288 e. The molecule has 2 nitrogen and oxygen atoms in total. The maximum atomic E-state index is 12.3. The third-order valence-corrected chi connectivity index (χ3v) is 15.8. The van der Waals surface area contributed by atoms with Crippen molar-refractivity contribution in [1.29, 1.82) is 0 Å². The fourth-order valence-corrected chi connectivity index (χ4v) is 13.8. The van der Waals surface area contributed by atoms with Crippen molar-refractivity contribution in [3.8, 4) is 0 Å². The molecule has 0 spiro atoms. The molecule has 3 heteroatoms. The molecule has 0 bridgehead atoms. The zero-order valence-corrected chi connectivity index (χ0v) is 25.0. The lowest BCUT2D eigenvalue weighted by Crippen LogP contribution is -2.71. The van der Waals surface area contributed by atoms with Gasteiger partial charge in [-0.05, 0) is 95.2 Å². The van der Waals surface area contributed by atoms with Gasteiger partial charge >= 0.3 is 0 Å². The first-order chi connectivity index (χ1) is 19.4. The molecule has 3 aromatic carbocycles. The average molecular weight is 547 g/mol. The Balaban J connectivity index is 1.28. The van der Waals surface area contributed by atoms with E-state index in [1.54, 1.807) is 0 Å². The van der Waals surface area contributed by atoms with Crippen LogP contribution in [0.2, 0.25) is 0 Å². The quantitative estimate of drug-likeness (QED) is 0.267. The Bertz CT molecular complexity index is 1300. The van der Waals surface area contributed by atoms with Gasteiger partial charge in [0.15, 0.2) is 5.78 Å². The van der Waals surface area contributed by atoms with Gasteiger partial charge in [0.05, 0.1) is 6.10 Å². The van der Waals surface area contributed by atoms with Crippen LogP contribution in [0.25, 0.3) is 0 Å². The second-order valence-electron chi connectivity index (χ2n) is 13.5. The molecule has 0 radical (unpaired) electrons. The van der Waals surface area contributed by atoms with E-state index < -0.39 is 8.32 Å². The number of benzene rings is 3. The molecule has 0 saturated heterocycles. The molecule has 206 valence electrons. The topological polar surface area (TPSA) is 26.3 Å². The Kier molecular flexibility index (Phi) is 6.51. The van der Waals surface area contributed by atoms with E-state index in [-0.39, 0.29) is 16.9 Å². The summed E-state index contributed by atoms with van der Waals surface area (Å²) in [4.78, 5) is 12.3. The van der Waals surface area contributed by atoms with Crippen molar-refractivity contribution in [2.75, 3.05) is 0 Å². The molecule has 4 aliphatic rings. The van der Waals surface area contributed by atoms with Gasteiger partial charge in [0.2, 0.25) is 0 Å². The number of ketones is 1. The molecular formula is C37H42O2Si. The molecule has 3 fully saturated rings. The molecule has 3 aromatic rings. The van der Waals surface area contributed by atoms with Gasteiger partial charge in [-0.15, -0.1) is 0 Å². The lowest BCUT2D eigenvalue weighted by molar-refractivity contribution is -0.117. The Morgan fingerprint density at radius 3 is 1.82 bits per heavy atom. The van der Waals surface area contributed by atoms with Crippen molar-refractivity contribution < 1.29 is 9.22 Å². The highest BCUT2D eigenvalue weighted by atomic mass is 28.4. The molecule has 0 aliphatic heterocycles. The van der Waals surface area contributed by atoms with E-state index in [4.69, 9.17) is 4.43 Å². The number of carbonyl (C=O) groups excluding carboxylic acids is 1. The van der Waals surface area contributed by atoms with Crippen molar-refractivity contribution in [2.45, 2.75) is 71.3 Å². The van der Waals surface area contributed by atoms with Crippen molar-refractivity contribution in [2.24, 2.45) is 28.6 Å². The van der Waals surface area contributed by atoms with Crippen LogP contribution in [0, 0.1) is 28.6 Å². The molecular weight excluding hydrogens is 504 g/mol. The molecule has 4 aliphatic carbocycles. The molecule has 0 heterocycles. The van der Waals surface area contributed by atoms with E-state index in [0.29, 0.717) is 17.6 Å². The number of hydrogen-bond donors (Lipinski definition) is 0. The van der Waals surface area contributed by atoms with Gasteiger partial charge < -0.3 is 4.43 Å². The highest BCUT2D eigenvalue weighted by molar-refractivity contribution is 7.07. The first-order valence-electron chi connectivity index (χ1n) is 15.5. The van der Waals surface area contributed by atoms with Gasteiger partial charge in [0.1, 0.15) is 0 Å². The second-order valence-corrected chi connectivity index (χ2v) is 16.8. The first-order valence-corrected chi connectivity index (χ1v) is 17.4. The van der Waals surface area contributed by atoms with Gasteiger partial charge in [0.25, 0.3) is 8.32 Å². The number of allylic oxidation sites excluding steroid dienone is 1. The number of hydrogen-bond acceptors (Lipinski definition) is 2. The van der Waals surface area contributed by atoms with Crippen LogP contribution >= 0.6 is 0 Å². The number of fused-ring (bicyclic) bond motifs is 5. The Morgan fingerprint density at radius 1 is 0.675 bits per heavy atom. The van der Waals surface area contributed by atoms with E-state index in [9.17, 15) is 4.79 Å². The van der Waals surface area contributed by atoms with Crippen LogP contribution in [0.15, 0.2) is 103 Å². The van der Waals surface area contributed by atoms with E-state index in [2.05, 4.69) is 105 Å².